The van der Waals surface area contributed by atoms with Crippen LogP contribution in [0.5, 0.6) is 5.75 Å². The zero-order valence-electron chi connectivity index (χ0n) is 10.4. The van der Waals surface area contributed by atoms with E-state index in [0.29, 0.717) is 0 Å². The van der Waals surface area contributed by atoms with Gasteiger partial charge in [0.15, 0.2) is 0 Å². The van der Waals surface area contributed by atoms with E-state index in [4.69, 9.17) is 10.5 Å². The van der Waals surface area contributed by atoms with Gasteiger partial charge >= 0.3 is 0 Å². The van der Waals surface area contributed by atoms with Gasteiger partial charge in [0.25, 0.3) is 0 Å². The average Bonchev–Trinajstić information content (AvgIpc) is 3.06. The number of benzene rings is 1. The van der Waals surface area contributed by atoms with Crippen molar-refractivity contribution >= 4 is 5.69 Å². The Morgan fingerprint density at radius 2 is 2.24 bits per heavy atom. The Hall–Kier alpha value is -1.22. The lowest BCUT2D eigenvalue weighted by atomic mass is 10.0. The van der Waals surface area contributed by atoms with Crippen molar-refractivity contribution in [1.29, 1.82) is 0 Å². The molecule has 0 bridgehead atoms. The van der Waals surface area contributed by atoms with Gasteiger partial charge in [-0.05, 0) is 43.4 Å². The third kappa shape index (κ3) is 2.25. The van der Waals surface area contributed by atoms with Crippen LogP contribution in [0.2, 0.25) is 0 Å². The summed E-state index contributed by atoms with van der Waals surface area (Å²) >= 11 is 0. The van der Waals surface area contributed by atoms with Crippen LogP contribution in [0.15, 0.2) is 18.2 Å². The smallest absolute Gasteiger partial charge is 0.142 e. The first-order valence-corrected chi connectivity index (χ1v) is 6.42. The van der Waals surface area contributed by atoms with Gasteiger partial charge in [0, 0.05) is 12.6 Å². The quantitative estimate of drug-likeness (QED) is 0.865. The fourth-order valence-corrected chi connectivity index (χ4v) is 2.36. The summed E-state index contributed by atoms with van der Waals surface area (Å²) in [5.41, 5.74) is 8.81. The monoisotopic (exact) mass is 232 g/mol. The Kier molecular flexibility index (Phi) is 2.51. The van der Waals surface area contributed by atoms with Crippen LogP contribution in [0.25, 0.3) is 0 Å². The summed E-state index contributed by atoms with van der Waals surface area (Å²) in [6, 6.07) is 6.55. The summed E-state index contributed by atoms with van der Waals surface area (Å²) in [5.74, 6) is 1.03. The summed E-state index contributed by atoms with van der Waals surface area (Å²) in [6.07, 6.45) is 4.55. The Balaban J connectivity index is 1.73. The minimum atomic E-state index is 0.146. The molecule has 1 aromatic rings. The van der Waals surface area contributed by atoms with Crippen molar-refractivity contribution < 1.29 is 4.74 Å². The van der Waals surface area contributed by atoms with Crippen LogP contribution >= 0.6 is 0 Å². The van der Waals surface area contributed by atoms with Crippen molar-refractivity contribution in [3.8, 4) is 5.75 Å². The number of nitrogens with two attached hydrogens (primary N) is 1. The molecule has 1 aromatic carbocycles. The summed E-state index contributed by atoms with van der Waals surface area (Å²) in [7, 11) is 2.11. The van der Waals surface area contributed by atoms with Crippen molar-refractivity contribution in [2.45, 2.75) is 31.2 Å². The Morgan fingerprint density at radius 1 is 1.41 bits per heavy atom. The minimum absolute atomic E-state index is 0.146. The molecule has 1 saturated carbocycles. The summed E-state index contributed by atoms with van der Waals surface area (Å²) < 4.78 is 5.71. The first-order valence-electron chi connectivity index (χ1n) is 6.42. The van der Waals surface area contributed by atoms with E-state index < -0.39 is 0 Å². The van der Waals surface area contributed by atoms with Crippen molar-refractivity contribution in [3.63, 3.8) is 0 Å². The van der Waals surface area contributed by atoms with Gasteiger partial charge in [-0.15, -0.1) is 0 Å². The zero-order chi connectivity index (χ0) is 11.9. The molecule has 0 amide bonds. The maximum atomic E-state index is 6.11. The predicted molar refractivity (Wildman–Crippen MR) is 69.7 cm³/mol. The molecule has 2 aliphatic rings. The summed E-state index contributed by atoms with van der Waals surface area (Å²) in [6.45, 7) is 1.76. The second kappa shape index (κ2) is 3.91. The molecule has 1 heterocycles. The molecule has 2 N–H and O–H groups in total. The van der Waals surface area contributed by atoms with Crippen LogP contribution in [0.3, 0.4) is 0 Å². The van der Waals surface area contributed by atoms with Gasteiger partial charge in [-0.2, -0.15) is 0 Å². The van der Waals surface area contributed by atoms with E-state index in [1.807, 2.05) is 0 Å². The molecular weight excluding hydrogens is 212 g/mol. The van der Waals surface area contributed by atoms with E-state index in [9.17, 15) is 0 Å². The number of hydrogen-bond donors (Lipinski definition) is 1. The first kappa shape index (κ1) is 10.9. The molecule has 1 fully saturated rings. The lowest BCUT2D eigenvalue weighted by molar-refractivity contribution is 0.311. The molecule has 0 atom stereocenters. The highest BCUT2D eigenvalue weighted by atomic mass is 16.5. The molecule has 92 valence electrons. The molecule has 0 saturated heterocycles. The molecular formula is C14H20N2O. The number of fused-ring (bicyclic) bond motifs is 1. The first-order chi connectivity index (χ1) is 8.16. The normalized spacial score (nSPS) is 20.7. The van der Waals surface area contributed by atoms with Gasteiger partial charge in [-0.1, -0.05) is 6.07 Å². The molecule has 0 aromatic heterocycles. The van der Waals surface area contributed by atoms with Crippen LogP contribution in [-0.4, -0.2) is 25.7 Å². The van der Waals surface area contributed by atoms with Crippen molar-refractivity contribution in [2.75, 3.05) is 25.1 Å². The van der Waals surface area contributed by atoms with E-state index >= 15 is 0 Å². The average molecular weight is 232 g/mol. The van der Waals surface area contributed by atoms with Crippen LogP contribution in [-0.2, 0) is 6.42 Å². The number of rotatable bonds is 3. The van der Waals surface area contributed by atoms with Crippen LogP contribution in [0.4, 0.5) is 5.69 Å². The third-order valence-corrected chi connectivity index (χ3v) is 3.92. The lowest BCUT2D eigenvalue weighted by Crippen LogP contribution is -2.28. The van der Waals surface area contributed by atoms with E-state index in [0.717, 1.165) is 31.7 Å². The van der Waals surface area contributed by atoms with Gasteiger partial charge in [0.2, 0.25) is 0 Å². The molecule has 3 rings (SSSR count). The van der Waals surface area contributed by atoms with Crippen LogP contribution in [0.1, 0.15) is 24.8 Å². The number of ether oxygens (including phenoxy) is 1. The van der Waals surface area contributed by atoms with Gasteiger partial charge < -0.3 is 15.4 Å². The largest absolute Gasteiger partial charge is 0.490 e. The number of likely N-dealkylation sites (N-methyl/N-ethyl adjacent to an activating group) is 1. The Labute approximate surface area is 103 Å². The zero-order valence-corrected chi connectivity index (χ0v) is 10.4. The third-order valence-electron chi connectivity index (χ3n) is 3.92. The fourth-order valence-electron chi connectivity index (χ4n) is 2.36. The van der Waals surface area contributed by atoms with Crippen molar-refractivity contribution in [2.24, 2.45) is 5.73 Å². The number of aryl methyl sites for hydroxylation is 1. The highest BCUT2D eigenvalue weighted by molar-refractivity contribution is 5.60. The molecule has 3 nitrogen and oxygen atoms in total. The van der Waals surface area contributed by atoms with Crippen LogP contribution < -0.4 is 15.4 Å². The molecule has 0 radical (unpaired) electrons. The fraction of sp³-hybridized carbons (Fsp3) is 0.571. The minimum Gasteiger partial charge on any atom is -0.490 e. The van der Waals surface area contributed by atoms with Crippen molar-refractivity contribution in [1.82, 2.24) is 0 Å². The molecule has 1 aliphatic heterocycles. The summed E-state index contributed by atoms with van der Waals surface area (Å²) in [5, 5.41) is 0. The van der Waals surface area contributed by atoms with Gasteiger partial charge in [0.1, 0.15) is 12.4 Å². The Morgan fingerprint density at radius 3 is 3.00 bits per heavy atom. The molecule has 0 spiro atoms. The Bertz CT molecular complexity index is 426. The highest BCUT2D eigenvalue weighted by Gasteiger charge is 2.37. The standard InChI is InChI=1S/C14H20N2O/c1-16-8-9-17-13-10-11(2-3-12(13)16)4-5-14(15)6-7-14/h2-3,10H,4-9,15H2,1H3. The van der Waals surface area contributed by atoms with Gasteiger partial charge in [0.05, 0.1) is 12.2 Å². The number of hydrogen-bond acceptors (Lipinski definition) is 3. The van der Waals surface area contributed by atoms with E-state index in [2.05, 4.69) is 30.1 Å². The van der Waals surface area contributed by atoms with Crippen molar-refractivity contribution in [3.05, 3.63) is 23.8 Å². The van der Waals surface area contributed by atoms with E-state index in [1.54, 1.807) is 0 Å². The molecule has 0 unspecified atom stereocenters. The van der Waals surface area contributed by atoms with E-state index in [-0.39, 0.29) is 5.54 Å². The number of anilines is 1. The van der Waals surface area contributed by atoms with Gasteiger partial charge in [-0.25, -0.2) is 0 Å². The topological polar surface area (TPSA) is 38.5 Å². The SMILES string of the molecule is CN1CCOc2cc(CCC3(N)CC3)ccc21. The number of nitrogens with zero attached hydrogens (tertiary/aromatic N) is 1. The maximum absolute atomic E-state index is 6.11. The maximum Gasteiger partial charge on any atom is 0.142 e. The van der Waals surface area contributed by atoms with E-state index in [1.165, 1.54) is 24.1 Å². The molecule has 1 aliphatic carbocycles. The predicted octanol–water partition coefficient (Wildman–Crippen LogP) is 1.94. The second-order valence-corrected chi connectivity index (χ2v) is 5.43. The highest BCUT2D eigenvalue weighted by Crippen LogP contribution is 2.37. The molecule has 3 heteroatoms. The molecule has 17 heavy (non-hydrogen) atoms. The van der Waals surface area contributed by atoms with Crippen LogP contribution in [0, 0.1) is 0 Å². The second-order valence-electron chi connectivity index (χ2n) is 5.43. The lowest BCUT2D eigenvalue weighted by Gasteiger charge is -2.28. The summed E-state index contributed by atoms with van der Waals surface area (Å²) in [4.78, 5) is 2.24. The van der Waals surface area contributed by atoms with Gasteiger partial charge in [-0.3, -0.25) is 0 Å².